The third-order valence-corrected chi connectivity index (χ3v) is 8.27. The van der Waals surface area contributed by atoms with Crippen molar-refractivity contribution in [2.75, 3.05) is 19.8 Å². The fourth-order valence-electron chi connectivity index (χ4n) is 4.62. The number of hydrogen-bond donors (Lipinski definition) is 2. The van der Waals surface area contributed by atoms with Crippen LogP contribution in [0.15, 0.2) is 15.8 Å². The molecule has 1 saturated heterocycles. The summed E-state index contributed by atoms with van der Waals surface area (Å²) in [6.45, 7) is 4.01. The summed E-state index contributed by atoms with van der Waals surface area (Å²) in [7, 11) is -4.11. The SMILES string of the molecule is CCCCCCCCCCCCCCCCOOP(=O)(OCCC)OCC1OC(n2cc(F)c(=O)[nH]c2=O)CC1O. The van der Waals surface area contributed by atoms with Crippen molar-refractivity contribution in [3.8, 4) is 0 Å². The summed E-state index contributed by atoms with van der Waals surface area (Å²) in [4.78, 5) is 30.2. The number of aliphatic hydroxyl groups excluding tert-OH is 1. The molecule has 0 aromatic carbocycles. The topological polar surface area (TPSA) is 138 Å². The lowest BCUT2D eigenvalue weighted by molar-refractivity contribution is -0.229. The highest BCUT2D eigenvalue weighted by atomic mass is 31.2. The number of ether oxygens (including phenoxy) is 1. The molecule has 2 heterocycles. The van der Waals surface area contributed by atoms with E-state index in [1.54, 1.807) is 0 Å². The van der Waals surface area contributed by atoms with Gasteiger partial charge in [0.15, 0.2) is 0 Å². The first-order valence-corrected chi connectivity index (χ1v) is 16.8. The number of halogens is 1. The van der Waals surface area contributed by atoms with Gasteiger partial charge in [-0.2, -0.15) is 4.39 Å². The summed E-state index contributed by atoms with van der Waals surface area (Å²) in [5.41, 5.74) is -2.03. The van der Waals surface area contributed by atoms with Gasteiger partial charge in [0.1, 0.15) is 12.3 Å². The van der Waals surface area contributed by atoms with Crippen LogP contribution in [0.1, 0.15) is 123 Å². The van der Waals surface area contributed by atoms with Crippen molar-refractivity contribution in [2.24, 2.45) is 0 Å². The Morgan fingerprint density at radius 2 is 1.51 bits per heavy atom. The zero-order chi connectivity index (χ0) is 29.9. The number of nitrogens with one attached hydrogen (secondary N) is 1. The van der Waals surface area contributed by atoms with Crippen LogP contribution in [-0.2, 0) is 27.9 Å². The summed E-state index contributed by atoms with van der Waals surface area (Å²) in [6.07, 6.45) is 15.3. The molecule has 1 aliphatic heterocycles. The molecule has 4 atom stereocenters. The molecule has 1 aliphatic rings. The van der Waals surface area contributed by atoms with E-state index in [4.69, 9.17) is 23.3 Å². The van der Waals surface area contributed by atoms with Crippen LogP contribution >= 0.6 is 7.82 Å². The minimum atomic E-state index is -4.11. The Kier molecular flexibility index (Phi) is 17.9. The van der Waals surface area contributed by atoms with Crippen LogP contribution in [0.3, 0.4) is 0 Å². The second-order valence-electron chi connectivity index (χ2n) is 10.6. The van der Waals surface area contributed by atoms with E-state index in [-0.39, 0.29) is 26.2 Å². The molecule has 1 aromatic rings. The van der Waals surface area contributed by atoms with Gasteiger partial charge >= 0.3 is 13.5 Å². The molecular weight excluding hydrogens is 558 g/mol. The van der Waals surface area contributed by atoms with E-state index in [1.807, 2.05) is 11.9 Å². The normalized spacial score (nSPS) is 20.4. The summed E-state index contributed by atoms with van der Waals surface area (Å²) in [5.74, 6) is -1.16. The average molecular weight is 609 g/mol. The van der Waals surface area contributed by atoms with E-state index in [0.717, 1.165) is 23.8 Å². The van der Waals surface area contributed by atoms with Crippen LogP contribution in [0.25, 0.3) is 0 Å². The zero-order valence-electron chi connectivity index (χ0n) is 24.7. The second kappa shape index (κ2) is 20.5. The van der Waals surface area contributed by atoms with E-state index >= 15 is 0 Å². The van der Waals surface area contributed by atoms with Gasteiger partial charge in [-0.25, -0.2) is 14.2 Å². The summed E-state index contributed by atoms with van der Waals surface area (Å²) in [5, 5.41) is 10.3. The Hall–Kier alpha value is -1.40. The molecule has 0 bridgehead atoms. The lowest BCUT2D eigenvalue weighted by Crippen LogP contribution is -2.34. The number of H-pyrrole nitrogens is 1. The first-order chi connectivity index (χ1) is 19.8. The van der Waals surface area contributed by atoms with Crippen molar-refractivity contribution in [3.63, 3.8) is 0 Å². The summed E-state index contributed by atoms with van der Waals surface area (Å²) in [6, 6.07) is 0. The number of hydrogen-bond acceptors (Lipinski definition) is 9. The van der Waals surface area contributed by atoms with Crippen LogP contribution in [0.4, 0.5) is 4.39 Å². The molecule has 0 spiro atoms. The van der Waals surface area contributed by atoms with Gasteiger partial charge in [-0.05, 0) is 12.8 Å². The van der Waals surface area contributed by atoms with Gasteiger partial charge in [0, 0.05) is 6.42 Å². The van der Waals surface area contributed by atoms with Crippen molar-refractivity contribution in [1.29, 1.82) is 0 Å². The van der Waals surface area contributed by atoms with E-state index in [9.17, 15) is 23.7 Å². The predicted molar refractivity (Wildman–Crippen MR) is 153 cm³/mol. The monoisotopic (exact) mass is 608 g/mol. The minimum absolute atomic E-state index is 0.0734. The third kappa shape index (κ3) is 14.1. The van der Waals surface area contributed by atoms with Crippen molar-refractivity contribution in [2.45, 2.75) is 135 Å². The summed E-state index contributed by atoms with van der Waals surface area (Å²) < 4.78 is 48.7. The van der Waals surface area contributed by atoms with E-state index in [0.29, 0.717) is 12.6 Å². The quantitative estimate of drug-likeness (QED) is 0.0599. The number of phosphoric ester groups is 1. The van der Waals surface area contributed by atoms with Gasteiger partial charge in [0.2, 0.25) is 5.82 Å². The molecule has 0 aliphatic carbocycles. The van der Waals surface area contributed by atoms with Crippen LogP contribution in [0.5, 0.6) is 0 Å². The Bertz CT molecular complexity index is 1010. The molecule has 1 aromatic heterocycles. The first-order valence-electron chi connectivity index (χ1n) is 15.3. The smallest absolute Gasteiger partial charge is 0.390 e. The van der Waals surface area contributed by atoms with Crippen LogP contribution in [-0.4, -0.2) is 46.7 Å². The molecule has 1 fully saturated rings. The van der Waals surface area contributed by atoms with Gasteiger partial charge in [0.05, 0.1) is 32.1 Å². The number of rotatable bonds is 24. The lowest BCUT2D eigenvalue weighted by Gasteiger charge is -2.20. The fourth-order valence-corrected chi connectivity index (χ4v) is 5.72. The molecule has 13 heteroatoms. The molecule has 0 radical (unpaired) electrons. The van der Waals surface area contributed by atoms with E-state index in [2.05, 4.69) is 6.92 Å². The maximum atomic E-state index is 13.6. The Balaban J connectivity index is 1.61. The molecule has 2 N–H and O–H groups in total. The Labute approximate surface area is 242 Å². The number of aromatic nitrogens is 2. The summed E-state index contributed by atoms with van der Waals surface area (Å²) >= 11 is 0. The fraction of sp³-hybridized carbons (Fsp3) is 0.857. The van der Waals surface area contributed by atoms with Crippen molar-refractivity contribution >= 4 is 7.82 Å². The van der Waals surface area contributed by atoms with Gasteiger partial charge in [-0.15, -0.1) is 4.67 Å². The molecule has 41 heavy (non-hydrogen) atoms. The van der Waals surface area contributed by atoms with Crippen LogP contribution in [0.2, 0.25) is 0 Å². The molecule has 0 saturated carbocycles. The molecule has 11 nitrogen and oxygen atoms in total. The van der Waals surface area contributed by atoms with Gasteiger partial charge in [-0.3, -0.25) is 23.4 Å². The Morgan fingerprint density at radius 1 is 0.927 bits per heavy atom. The zero-order valence-corrected chi connectivity index (χ0v) is 25.6. The molecule has 238 valence electrons. The van der Waals surface area contributed by atoms with Crippen LogP contribution < -0.4 is 11.2 Å². The second-order valence-corrected chi connectivity index (χ2v) is 12.2. The number of phosphoric acid groups is 1. The van der Waals surface area contributed by atoms with Crippen molar-refractivity contribution in [3.05, 3.63) is 32.9 Å². The molecular formula is C28H50FN2O9P. The highest BCUT2D eigenvalue weighted by Crippen LogP contribution is 2.50. The maximum Gasteiger partial charge on any atom is 0.502 e. The number of aromatic amines is 1. The average Bonchev–Trinajstić information content (AvgIpc) is 3.32. The van der Waals surface area contributed by atoms with Gasteiger partial charge in [-0.1, -0.05) is 97.3 Å². The third-order valence-electron chi connectivity index (χ3n) is 7.01. The molecule has 0 amide bonds. The predicted octanol–water partition coefficient (Wildman–Crippen LogP) is 6.30. The van der Waals surface area contributed by atoms with Gasteiger partial charge in [0.25, 0.3) is 5.56 Å². The van der Waals surface area contributed by atoms with E-state index in [1.165, 1.54) is 70.6 Å². The standard InChI is InChI=1S/C28H50FN2O9P/c1-3-5-6-7-8-9-10-11-12-13-14-15-16-17-19-36-40-41(35,37-18-4-2)38-22-25-24(32)20-26(39-25)31-21-23(29)27(33)30-28(31)34/h21,24-26,32H,3-20,22H2,1-2H3,(H,30,33,34). The lowest BCUT2D eigenvalue weighted by atomic mass is 10.0. The first kappa shape index (κ1) is 35.8. The van der Waals surface area contributed by atoms with Crippen LogP contribution in [0, 0.1) is 5.82 Å². The number of nitrogens with zero attached hydrogens (tertiary/aromatic N) is 1. The largest absolute Gasteiger partial charge is 0.502 e. The number of aliphatic hydroxyl groups is 1. The highest BCUT2D eigenvalue weighted by molar-refractivity contribution is 7.48. The molecule has 4 unspecified atom stereocenters. The minimum Gasteiger partial charge on any atom is -0.390 e. The van der Waals surface area contributed by atoms with Gasteiger partial charge < -0.3 is 9.84 Å². The number of unbranched alkanes of at least 4 members (excludes halogenated alkanes) is 13. The maximum absolute atomic E-state index is 13.6. The van der Waals surface area contributed by atoms with Crippen molar-refractivity contribution in [1.82, 2.24) is 9.55 Å². The molecule has 2 rings (SSSR count). The van der Waals surface area contributed by atoms with E-state index < -0.39 is 43.3 Å². The highest BCUT2D eigenvalue weighted by Gasteiger charge is 2.39. The Morgan fingerprint density at radius 3 is 2.10 bits per heavy atom. The van der Waals surface area contributed by atoms with Crippen molar-refractivity contribution < 1.29 is 37.4 Å².